The van der Waals surface area contributed by atoms with E-state index in [1.165, 1.54) is 6.20 Å². The maximum atomic E-state index is 9.07. The topological polar surface area (TPSA) is 76.9 Å². The van der Waals surface area contributed by atoms with Crippen molar-refractivity contribution in [1.82, 2.24) is 9.78 Å². The number of aromatic nitrogens is 2. The molecule has 3 rings (SSSR count). The highest BCUT2D eigenvalue weighted by atomic mass is 16.5. The Balaban J connectivity index is 2.19. The van der Waals surface area contributed by atoms with Gasteiger partial charge in [-0.05, 0) is 37.8 Å². The summed E-state index contributed by atoms with van der Waals surface area (Å²) in [5.41, 5.74) is 9.91. The normalized spacial score (nSPS) is 17.5. The Morgan fingerprint density at radius 3 is 2.86 bits per heavy atom. The first kappa shape index (κ1) is 13.5. The summed E-state index contributed by atoms with van der Waals surface area (Å²) in [5, 5.41) is 13.4. The molecular formula is C16H18N4O. The number of nitrogens with zero attached hydrogens (tertiary/aromatic N) is 3. The molecule has 5 nitrogen and oxygen atoms in total. The second kappa shape index (κ2) is 5.13. The molecular weight excluding hydrogens is 264 g/mol. The van der Waals surface area contributed by atoms with E-state index in [1.54, 1.807) is 4.68 Å². The van der Waals surface area contributed by atoms with Crippen LogP contribution in [0.4, 0.5) is 5.82 Å². The van der Waals surface area contributed by atoms with Gasteiger partial charge in [-0.2, -0.15) is 10.4 Å². The van der Waals surface area contributed by atoms with Gasteiger partial charge in [0.1, 0.15) is 23.2 Å². The molecule has 1 atom stereocenters. The van der Waals surface area contributed by atoms with Gasteiger partial charge in [0.05, 0.1) is 18.8 Å². The molecule has 0 fully saturated rings. The minimum atomic E-state index is 0.0181. The van der Waals surface area contributed by atoms with Gasteiger partial charge in [0.2, 0.25) is 0 Å². The zero-order valence-corrected chi connectivity index (χ0v) is 12.3. The van der Waals surface area contributed by atoms with Gasteiger partial charge < -0.3 is 10.5 Å². The van der Waals surface area contributed by atoms with Crippen molar-refractivity contribution in [2.75, 3.05) is 12.3 Å². The molecule has 1 aliphatic rings. The Morgan fingerprint density at radius 2 is 2.14 bits per heavy atom. The summed E-state index contributed by atoms with van der Waals surface area (Å²) in [6, 6.07) is 6.27. The molecule has 0 bridgehead atoms. The first-order valence-electron chi connectivity index (χ1n) is 7.09. The van der Waals surface area contributed by atoms with Gasteiger partial charge >= 0.3 is 0 Å². The van der Waals surface area contributed by atoms with Crippen LogP contribution in [0.15, 0.2) is 18.3 Å². The van der Waals surface area contributed by atoms with E-state index in [4.69, 9.17) is 15.7 Å². The minimum Gasteiger partial charge on any atom is -0.493 e. The first-order valence-corrected chi connectivity index (χ1v) is 7.09. The third-order valence-electron chi connectivity index (χ3n) is 4.06. The summed E-state index contributed by atoms with van der Waals surface area (Å²) in [4.78, 5) is 0. The number of anilines is 1. The van der Waals surface area contributed by atoms with Crippen molar-refractivity contribution in [3.05, 3.63) is 40.6 Å². The second-order valence-electron chi connectivity index (χ2n) is 5.45. The number of fused-ring (bicyclic) bond motifs is 1. The van der Waals surface area contributed by atoms with Gasteiger partial charge in [0, 0.05) is 5.56 Å². The van der Waals surface area contributed by atoms with Crippen LogP contribution in [0.25, 0.3) is 0 Å². The van der Waals surface area contributed by atoms with Gasteiger partial charge in [0.25, 0.3) is 0 Å². The van der Waals surface area contributed by atoms with E-state index < -0.39 is 0 Å². The van der Waals surface area contributed by atoms with Gasteiger partial charge in [-0.15, -0.1) is 0 Å². The van der Waals surface area contributed by atoms with Gasteiger partial charge in [-0.3, -0.25) is 0 Å². The SMILES string of the molecule is Cc1ccc(C)c2c1OCCCC2n1ncc(C#N)c1N. The predicted octanol–water partition coefficient (Wildman–Crippen LogP) is 2.72. The molecule has 1 aliphatic heterocycles. The molecule has 0 radical (unpaired) electrons. The van der Waals surface area contributed by atoms with Crippen molar-refractivity contribution in [2.24, 2.45) is 0 Å². The fourth-order valence-corrected chi connectivity index (χ4v) is 2.96. The largest absolute Gasteiger partial charge is 0.493 e. The van der Waals surface area contributed by atoms with Crippen LogP contribution in [-0.4, -0.2) is 16.4 Å². The van der Waals surface area contributed by atoms with Crippen molar-refractivity contribution >= 4 is 5.82 Å². The summed E-state index contributed by atoms with van der Waals surface area (Å²) < 4.78 is 7.70. The van der Waals surface area contributed by atoms with E-state index in [9.17, 15) is 0 Å². The molecule has 1 aromatic heterocycles. The van der Waals surface area contributed by atoms with Crippen molar-refractivity contribution in [1.29, 1.82) is 5.26 Å². The number of aryl methyl sites for hydroxylation is 2. The second-order valence-corrected chi connectivity index (χ2v) is 5.45. The van der Waals surface area contributed by atoms with Gasteiger partial charge in [-0.1, -0.05) is 12.1 Å². The molecule has 21 heavy (non-hydrogen) atoms. The number of benzene rings is 1. The predicted molar refractivity (Wildman–Crippen MR) is 80.1 cm³/mol. The van der Waals surface area contributed by atoms with E-state index in [-0.39, 0.29) is 6.04 Å². The van der Waals surface area contributed by atoms with Crippen LogP contribution in [0, 0.1) is 25.2 Å². The average Bonchev–Trinajstić information content (AvgIpc) is 2.71. The lowest BCUT2D eigenvalue weighted by Crippen LogP contribution is -2.16. The summed E-state index contributed by atoms with van der Waals surface area (Å²) in [6.07, 6.45) is 3.36. The van der Waals surface area contributed by atoms with Gasteiger partial charge in [0.15, 0.2) is 0 Å². The zero-order chi connectivity index (χ0) is 15.0. The van der Waals surface area contributed by atoms with Crippen molar-refractivity contribution in [3.8, 4) is 11.8 Å². The summed E-state index contributed by atoms with van der Waals surface area (Å²) in [5.74, 6) is 1.36. The number of nitriles is 1. The lowest BCUT2D eigenvalue weighted by molar-refractivity contribution is 0.313. The third kappa shape index (κ3) is 2.13. The Labute approximate surface area is 123 Å². The maximum Gasteiger partial charge on any atom is 0.140 e. The molecule has 1 unspecified atom stereocenters. The molecule has 5 heteroatoms. The van der Waals surface area contributed by atoms with Crippen molar-refractivity contribution < 1.29 is 4.74 Å². The highest BCUT2D eigenvalue weighted by Gasteiger charge is 2.27. The maximum absolute atomic E-state index is 9.07. The zero-order valence-electron chi connectivity index (χ0n) is 12.3. The Hall–Kier alpha value is -2.48. The lowest BCUT2D eigenvalue weighted by atomic mass is 9.95. The first-order chi connectivity index (χ1) is 10.1. The minimum absolute atomic E-state index is 0.0181. The molecule has 2 aromatic rings. The van der Waals surface area contributed by atoms with E-state index in [2.05, 4.69) is 30.2 Å². The number of nitrogens with two attached hydrogens (primary N) is 1. The van der Waals surface area contributed by atoms with Crippen LogP contribution >= 0.6 is 0 Å². The van der Waals surface area contributed by atoms with Crippen LogP contribution in [0.2, 0.25) is 0 Å². The van der Waals surface area contributed by atoms with Crippen LogP contribution < -0.4 is 10.5 Å². The van der Waals surface area contributed by atoms with Crippen LogP contribution in [0.3, 0.4) is 0 Å². The number of hydrogen-bond donors (Lipinski definition) is 1. The number of ether oxygens (including phenoxy) is 1. The van der Waals surface area contributed by atoms with Crippen LogP contribution in [0.5, 0.6) is 5.75 Å². The van der Waals surface area contributed by atoms with E-state index in [0.717, 1.165) is 35.3 Å². The number of rotatable bonds is 1. The fraction of sp³-hybridized carbons (Fsp3) is 0.375. The summed E-state index contributed by atoms with van der Waals surface area (Å²) >= 11 is 0. The highest BCUT2D eigenvalue weighted by Crippen LogP contribution is 2.39. The summed E-state index contributed by atoms with van der Waals surface area (Å²) in [6.45, 7) is 4.82. The third-order valence-corrected chi connectivity index (χ3v) is 4.06. The highest BCUT2D eigenvalue weighted by molar-refractivity contribution is 5.52. The lowest BCUT2D eigenvalue weighted by Gasteiger charge is -2.21. The van der Waals surface area contributed by atoms with E-state index in [0.29, 0.717) is 18.0 Å². The Morgan fingerprint density at radius 1 is 1.38 bits per heavy atom. The Bertz CT molecular complexity index is 727. The Kier molecular flexibility index (Phi) is 3.30. The molecule has 0 aliphatic carbocycles. The molecule has 0 amide bonds. The fourth-order valence-electron chi connectivity index (χ4n) is 2.96. The van der Waals surface area contributed by atoms with Crippen LogP contribution in [-0.2, 0) is 0 Å². The standard InChI is InChI=1S/C16H18N4O/c1-10-5-6-11(2)15-14(10)13(4-3-7-21-15)20-16(18)12(8-17)9-19-20/h5-6,9,13H,3-4,7,18H2,1-2H3. The summed E-state index contributed by atoms with van der Waals surface area (Å²) in [7, 11) is 0. The quantitative estimate of drug-likeness (QED) is 0.872. The molecule has 2 N–H and O–H groups in total. The number of hydrogen-bond acceptors (Lipinski definition) is 4. The molecule has 2 heterocycles. The average molecular weight is 282 g/mol. The molecule has 1 aromatic carbocycles. The molecule has 0 saturated heterocycles. The molecule has 0 spiro atoms. The van der Waals surface area contributed by atoms with Crippen LogP contribution in [0.1, 0.15) is 41.1 Å². The monoisotopic (exact) mass is 282 g/mol. The number of nitrogen functional groups attached to an aromatic ring is 1. The van der Waals surface area contributed by atoms with Gasteiger partial charge in [-0.25, -0.2) is 4.68 Å². The van der Waals surface area contributed by atoms with Crippen molar-refractivity contribution in [2.45, 2.75) is 32.7 Å². The smallest absolute Gasteiger partial charge is 0.140 e. The van der Waals surface area contributed by atoms with E-state index in [1.807, 2.05) is 6.92 Å². The molecule has 108 valence electrons. The van der Waals surface area contributed by atoms with Crippen molar-refractivity contribution in [3.63, 3.8) is 0 Å². The van der Waals surface area contributed by atoms with E-state index >= 15 is 0 Å². The molecule has 0 saturated carbocycles.